The third kappa shape index (κ3) is 3.76. The predicted molar refractivity (Wildman–Crippen MR) is 116 cm³/mol. The van der Waals surface area contributed by atoms with Crippen LogP contribution in [0.3, 0.4) is 0 Å². The van der Waals surface area contributed by atoms with Gasteiger partial charge in [0.05, 0.1) is 20.4 Å². The molecule has 29 heavy (non-hydrogen) atoms. The summed E-state index contributed by atoms with van der Waals surface area (Å²) in [6, 6.07) is 11.4. The van der Waals surface area contributed by atoms with Gasteiger partial charge in [0.1, 0.15) is 10.7 Å². The molecular weight excluding hydrogens is 433 g/mol. The van der Waals surface area contributed by atoms with E-state index >= 15 is 0 Å². The van der Waals surface area contributed by atoms with Crippen LogP contribution in [0.25, 0.3) is 21.3 Å². The number of nitrogens with one attached hydrogen (secondary N) is 1. The first-order valence-corrected chi connectivity index (χ1v) is 10.1. The number of nitro groups is 1. The second-order valence-electron chi connectivity index (χ2n) is 6.46. The Hall–Kier alpha value is -2.74. The zero-order chi connectivity index (χ0) is 20.7. The molecule has 2 aromatic heterocycles. The molecule has 9 heteroatoms. The van der Waals surface area contributed by atoms with Gasteiger partial charge in [-0.1, -0.05) is 41.4 Å². The Morgan fingerprint density at radius 2 is 1.86 bits per heavy atom. The zero-order valence-electron chi connectivity index (χ0n) is 15.0. The van der Waals surface area contributed by atoms with Crippen LogP contribution in [0.4, 0.5) is 5.69 Å². The smallest absolute Gasteiger partial charge is 0.269 e. The lowest BCUT2D eigenvalue weighted by molar-refractivity contribution is -0.384. The van der Waals surface area contributed by atoms with E-state index in [-0.39, 0.29) is 11.2 Å². The fourth-order valence-electron chi connectivity index (χ4n) is 3.18. The molecule has 4 aromatic rings. The number of halogens is 2. The molecule has 2 heterocycles. The summed E-state index contributed by atoms with van der Waals surface area (Å²) in [4.78, 5) is 32.2. The Labute approximate surface area is 178 Å². The molecule has 0 unspecified atom stereocenters. The standard InChI is InChI=1S/C20H13Cl2N3O3S/c1-10-17(12-4-7-14(21)15(22)9-12)18-19(26)23-16(24-20(18)29-10)8-11-2-5-13(6-3-11)25(27)28/h2-7,9H,8H2,1H3,(H,23,24,26). The number of nitro benzene ring substituents is 1. The number of H-pyrrole nitrogens is 1. The summed E-state index contributed by atoms with van der Waals surface area (Å²) in [5, 5.41) is 12.2. The van der Waals surface area contributed by atoms with E-state index in [1.54, 1.807) is 24.3 Å². The summed E-state index contributed by atoms with van der Waals surface area (Å²) in [7, 11) is 0. The average Bonchev–Trinajstić information content (AvgIpc) is 3.01. The second-order valence-corrected chi connectivity index (χ2v) is 8.47. The Morgan fingerprint density at radius 3 is 2.52 bits per heavy atom. The van der Waals surface area contributed by atoms with Crippen molar-refractivity contribution >= 4 is 50.4 Å². The average molecular weight is 446 g/mol. The summed E-state index contributed by atoms with van der Waals surface area (Å²) in [5.74, 6) is 0.498. The minimum Gasteiger partial charge on any atom is -0.310 e. The number of non-ortho nitro benzene ring substituents is 1. The SMILES string of the molecule is Cc1sc2nc(Cc3ccc([N+](=O)[O-])cc3)[nH]c(=O)c2c1-c1ccc(Cl)c(Cl)c1. The van der Waals surface area contributed by atoms with E-state index in [4.69, 9.17) is 23.2 Å². The van der Waals surface area contributed by atoms with Gasteiger partial charge in [0, 0.05) is 29.0 Å². The van der Waals surface area contributed by atoms with Gasteiger partial charge in [0.15, 0.2) is 0 Å². The molecule has 1 N–H and O–H groups in total. The number of benzene rings is 2. The minimum atomic E-state index is -0.449. The molecule has 0 amide bonds. The number of nitrogens with zero attached hydrogens (tertiary/aromatic N) is 2. The van der Waals surface area contributed by atoms with E-state index in [0.717, 1.165) is 21.6 Å². The molecule has 4 rings (SSSR count). The molecule has 6 nitrogen and oxygen atoms in total. The van der Waals surface area contributed by atoms with Crippen LogP contribution in [0.5, 0.6) is 0 Å². The van der Waals surface area contributed by atoms with Crippen molar-refractivity contribution in [1.29, 1.82) is 0 Å². The molecule has 0 fully saturated rings. The van der Waals surface area contributed by atoms with Crippen molar-refractivity contribution in [2.45, 2.75) is 13.3 Å². The number of rotatable bonds is 4. The molecule has 0 atom stereocenters. The number of aryl methyl sites for hydroxylation is 1. The fourth-order valence-corrected chi connectivity index (χ4v) is 4.54. The van der Waals surface area contributed by atoms with Crippen molar-refractivity contribution < 1.29 is 4.92 Å². The lowest BCUT2D eigenvalue weighted by Gasteiger charge is -2.05. The highest BCUT2D eigenvalue weighted by molar-refractivity contribution is 7.19. The second kappa shape index (κ2) is 7.59. The summed E-state index contributed by atoms with van der Waals surface area (Å²) in [6.45, 7) is 1.93. The Balaban J connectivity index is 1.76. The number of thiophene rings is 1. The van der Waals surface area contributed by atoms with E-state index in [2.05, 4.69) is 9.97 Å². The Morgan fingerprint density at radius 1 is 1.14 bits per heavy atom. The molecule has 0 saturated carbocycles. The molecular formula is C20H13Cl2N3O3S. The predicted octanol–water partition coefficient (Wildman–Crippen LogP) is 5.77. The first kappa shape index (κ1) is 19.6. The zero-order valence-corrected chi connectivity index (χ0v) is 17.4. The largest absolute Gasteiger partial charge is 0.310 e. The van der Waals surface area contributed by atoms with Gasteiger partial charge in [0.2, 0.25) is 0 Å². The van der Waals surface area contributed by atoms with Crippen LogP contribution in [-0.2, 0) is 6.42 Å². The van der Waals surface area contributed by atoms with Gasteiger partial charge < -0.3 is 4.98 Å². The monoisotopic (exact) mass is 445 g/mol. The van der Waals surface area contributed by atoms with Crippen molar-refractivity contribution in [1.82, 2.24) is 9.97 Å². The van der Waals surface area contributed by atoms with E-state index in [1.807, 2.05) is 13.0 Å². The number of hydrogen-bond donors (Lipinski definition) is 1. The van der Waals surface area contributed by atoms with Crippen molar-refractivity contribution in [3.05, 3.63) is 89.2 Å². The molecule has 0 radical (unpaired) electrons. The maximum Gasteiger partial charge on any atom is 0.269 e. The highest BCUT2D eigenvalue weighted by Gasteiger charge is 2.17. The molecule has 2 aromatic carbocycles. The van der Waals surface area contributed by atoms with Crippen molar-refractivity contribution in [2.75, 3.05) is 0 Å². The van der Waals surface area contributed by atoms with E-state index in [0.29, 0.717) is 32.5 Å². The van der Waals surface area contributed by atoms with Crippen LogP contribution in [-0.4, -0.2) is 14.9 Å². The topological polar surface area (TPSA) is 88.9 Å². The first-order chi connectivity index (χ1) is 13.8. The van der Waals surface area contributed by atoms with Crippen LogP contribution in [0.1, 0.15) is 16.3 Å². The molecule has 0 aliphatic heterocycles. The maximum atomic E-state index is 12.9. The number of fused-ring (bicyclic) bond motifs is 1. The normalized spacial score (nSPS) is 11.1. The highest BCUT2D eigenvalue weighted by Crippen LogP contribution is 2.37. The molecule has 0 spiro atoms. The molecule has 0 aliphatic rings. The quantitative estimate of drug-likeness (QED) is 0.319. The van der Waals surface area contributed by atoms with Gasteiger partial charge in [-0.15, -0.1) is 11.3 Å². The lowest BCUT2D eigenvalue weighted by atomic mass is 10.0. The fraction of sp³-hybridized carbons (Fsp3) is 0.100. The minimum absolute atomic E-state index is 0.0193. The van der Waals surface area contributed by atoms with Gasteiger partial charge >= 0.3 is 0 Å². The summed E-state index contributed by atoms with van der Waals surface area (Å²) in [5.41, 5.74) is 2.19. The summed E-state index contributed by atoms with van der Waals surface area (Å²) < 4.78 is 0. The van der Waals surface area contributed by atoms with Gasteiger partial charge in [-0.2, -0.15) is 0 Å². The van der Waals surface area contributed by atoms with Gasteiger partial charge in [-0.3, -0.25) is 14.9 Å². The van der Waals surface area contributed by atoms with Crippen LogP contribution < -0.4 is 5.56 Å². The first-order valence-electron chi connectivity index (χ1n) is 8.54. The molecule has 0 bridgehead atoms. The van der Waals surface area contributed by atoms with Gasteiger partial charge in [0.25, 0.3) is 11.2 Å². The third-order valence-electron chi connectivity index (χ3n) is 4.51. The van der Waals surface area contributed by atoms with Crippen LogP contribution in [0, 0.1) is 17.0 Å². The van der Waals surface area contributed by atoms with Gasteiger partial charge in [-0.25, -0.2) is 4.98 Å². The number of aromatic amines is 1. The Bertz CT molecular complexity index is 1310. The Kier molecular flexibility index (Phi) is 5.12. The van der Waals surface area contributed by atoms with E-state index < -0.39 is 4.92 Å². The molecule has 0 saturated heterocycles. The van der Waals surface area contributed by atoms with Crippen molar-refractivity contribution in [3.8, 4) is 11.1 Å². The summed E-state index contributed by atoms with van der Waals surface area (Å²) in [6.07, 6.45) is 0.363. The van der Waals surface area contributed by atoms with E-state index in [1.165, 1.54) is 23.5 Å². The number of hydrogen-bond acceptors (Lipinski definition) is 5. The molecule has 0 aliphatic carbocycles. The molecule has 146 valence electrons. The van der Waals surface area contributed by atoms with Crippen molar-refractivity contribution in [3.63, 3.8) is 0 Å². The lowest BCUT2D eigenvalue weighted by Crippen LogP contribution is -2.11. The van der Waals surface area contributed by atoms with Crippen LogP contribution in [0.2, 0.25) is 10.0 Å². The van der Waals surface area contributed by atoms with E-state index in [9.17, 15) is 14.9 Å². The van der Waals surface area contributed by atoms with Crippen LogP contribution in [0.15, 0.2) is 47.3 Å². The summed E-state index contributed by atoms with van der Waals surface area (Å²) >= 11 is 13.6. The van der Waals surface area contributed by atoms with Crippen molar-refractivity contribution in [2.24, 2.45) is 0 Å². The van der Waals surface area contributed by atoms with Gasteiger partial charge in [-0.05, 0) is 30.2 Å². The maximum absolute atomic E-state index is 12.9. The van der Waals surface area contributed by atoms with Crippen LogP contribution >= 0.6 is 34.5 Å². The highest BCUT2D eigenvalue weighted by atomic mass is 35.5. The third-order valence-corrected chi connectivity index (χ3v) is 6.25. The number of aromatic nitrogens is 2.